The maximum Gasteiger partial charge on any atom is 0.117 e. The van der Waals surface area contributed by atoms with Crippen molar-refractivity contribution in [1.29, 1.82) is 5.26 Å². The summed E-state index contributed by atoms with van der Waals surface area (Å²) in [6.07, 6.45) is 4.78. The summed E-state index contributed by atoms with van der Waals surface area (Å²) in [4.78, 5) is 2.05. The topological polar surface area (TPSA) is 27.0 Å². The van der Waals surface area contributed by atoms with Gasteiger partial charge in [0.25, 0.3) is 0 Å². The number of para-hydroxylation sites is 1. The van der Waals surface area contributed by atoms with Gasteiger partial charge in [-0.1, -0.05) is 54.1 Å². The quantitative estimate of drug-likeness (QED) is 0.492. The van der Waals surface area contributed by atoms with Crippen LogP contribution < -0.4 is 4.90 Å². The monoisotopic (exact) mass is 316 g/mol. The van der Waals surface area contributed by atoms with Crippen LogP contribution in [0.2, 0.25) is 0 Å². The van der Waals surface area contributed by atoms with Gasteiger partial charge < -0.3 is 4.90 Å². The van der Waals surface area contributed by atoms with Crippen molar-refractivity contribution in [2.24, 2.45) is 0 Å². The van der Waals surface area contributed by atoms with E-state index in [9.17, 15) is 5.26 Å². The van der Waals surface area contributed by atoms with E-state index in [2.05, 4.69) is 56.8 Å². The normalized spacial score (nSPS) is 12.3. The van der Waals surface area contributed by atoms with E-state index in [1.54, 1.807) is 0 Å². The number of nitriles is 1. The van der Waals surface area contributed by atoms with Crippen molar-refractivity contribution in [2.75, 3.05) is 11.4 Å². The zero-order chi connectivity index (χ0) is 17.4. The van der Waals surface area contributed by atoms with Crippen molar-refractivity contribution in [3.05, 3.63) is 90.2 Å². The second kappa shape index (κ2) is 8.74. The Labute approximate surface area is 145 Å². The molecule has 0 fully saturated rings. The third kappa shape index (κ3) is 4.36. The molecule has 122 valence electrons. The molecule has 0 aromatic heterocycles. The average molecular weight is 316 g/mol. The van der Waals surface area contributed by atoms with Gasteiger partial charge in [0, 0.05) is 18.2 Å². The van der Waals surface area contributed by atoms with Crippen molar-refractivity contribution in [3.63, 3.8) is 0 Å². The Morgan fingerprint density at radius 3 is 2.38 bits per heavy atom. The van der Waals surface area contributed by atoms with Crippen molar-refractivity contribution in [2.45, 2.75) is 26.2 Å². The summed E-state index contributed by atoms with van der Waals surface area (Å²) >= 11 is 0. The predicted molar refractivity (Wildman–Crippen MR) is 102 cm³/mol. The van der Waals surface area contributed by atoms with Gasteiger partial charge in [0.05, 0.1) is 0 Å². The van der Waals surface area contributed by atoms with Gasteiger partial charge in [-0.15, -0.1) is 6.58 Å². The number of aryl methyl sites for hydroxylation is 1. The SMILES string of the molecule is C=CC[C@@H](/C=C(\C#N)N(CC)c1ccccc1)c1ccc(C)cc1. The molecule has 0 aliphatic heterocycles. The molecule has 0 heterocycles. The fourth-order valence-corrected chi connectivity index (χ4v) is 2.77. The lowest BCUT2D eigenvalue weighted by Crippen LogP contribution is -2.21. The fraction of sp³-hybridized carbons (Fsp3) is 0.227. The molecule has 0 spiro atoms. The maximum atomic E-state index is 9.71. The summed E-state index contributed by atoms with van der Waals surface area (Å²) in [7, 11) is 0. The minimum absolute atomic E-state index is 0.149. The fourth-order valence-electron chi connectivity index (χ4n) is 2.77. The summed E-state index contributed by atoms with van der Waals surface area (Å²) in [5, 5.41) is 9.71. The lowest BCUT2D eigenvalue weighted by Gasteiger charge is -2.23. The smallest absolute Gasteiger partial charge is 0.117 e. The van der Waals surface area contributed by atoms with Crippen molar-refractivity contribution in [3.8, 4) is 6.07 Å². The van der Waals surface area contributed by atoms with Gasteiger partial charge >= 0.3 is 0 Å². The Hall–Kier alpha value is -2.79. The van der Waals surface area contributed by atoms with Gasteiger partial charge in [-0.25, -0.2) is 0 Å². The number of anilines is 1. The van der Waals surface area contributed by atoms with Gasteiger partial charge in [0.1, 0.15) is 11.8 Å². The molecule has 0 aliphatic carbocycles. The zero-order valence-electron chi connectivity index (χ0n) is 14.4. The Morgan fingerprint density at radius 1 is 1.17 bits per heavy atom. The van der Waals surface area contributed by atoms with Crippen molar-refractivity contribution < 1.29 is 0 Å². The molecule has 0 saturated carbocycles. The number of nitrogens with zero attached hydrogens (tertiary/aromatic N) is 2. The van der Waals surface area contributed by atoms with Crippen LogP contribution in [0.4, 0.5) is 5.69 Å². The average Bonchev–Trinajstić information content (AvgIpc) is 2.62. The van der Waals surface area contributed by atoms with Crippen LogP contribution in [0.1, 0.15) is 30.4 Å². The van der Waals surface area contributed by atoms with Crippen LogP contribution in [-0.2, 0) is 0 Å². The highest BCUT2D eigenvalue weighted by Gasteiger charge is 2.14. The highest BCUT2D eigenvalue weighted by atomic mass is 15.1. The summed E-state index contributed by atoms with van der Waals surface area (Å²) < 4.78 is 0. The Bertz CT molecular complexity index is 721. The Kier molecular flexibility index (Phi) is 6.40. The molecule has 2 aromatic rings. The summed E-state index contributed by atoms with van der Waals surface area (Å²) in [6.45, 7) is 8.76. The molecule has 0 saturated heterocycles. The summed E-state index contributed by atoms with van der Waals surface area (Å²) in [5.74, 6) is 0.149. The van der Waals surface area contributed by atoms with Crippen LogP contribution in [0.5, 0.6) is 0 Å². The molecule has 2 aromatic carbocycles. The van der Waals surface area contributed by atoms with E-state index in [0.29, 0.717) is 5.70 Å². The van der Waals surface area contributed by atoms with Crippen LogP contribution in [0, 0.1) is 18.3 Å². The van der Waals surface area contributed by atoms with Crippen LogP contribution in [0.3, 0.4) is 0 Å². The van der Waals surface area contributed by atoms with Crippen LogP contribution in [-0.4, -0.2) is 6.54 Å². The predicted octanol–water partition coefficient (Wildman–Crippen LogP) is 5.59. The lowest BCUT2D eigenvalue weighted by atomic mass is 9.93. The van der Waals surface area contributed by atoms with Crippen LogP contribution in [0.25, 0.3) is 0 Å². The molecular weight excluding hydrogens is 292 g/mol. The van der Waals surface area contributed by atoms with E-state index in [-0.39, 0.29) is 5.92 Å². The maximum absolute atomic E-state index is 9.71. The van der Waals surface area contributed by atoms with E-state index in [0.717, 1.165) is 18.7 Å². The first-order chi connectivity index (χ1) is 11.7. The van der Waals surface area contributed by atoms with Crippen LogP contribution >= 0.6 is 0 Å². The molecule has 0 N–H and O–H groups in total. The minimum Gasteiger partial charge on any atom is -0.333 e. The highest BCUT2D eigenvalue weighted by molar-refractivity contribution is 5.55. The molecular formula is C22H24N2. The van der Waals surface area contributed by atoms with E-state index >= 15 is 0 Å². The second-order valence-corrected chi connectivity index (χ2v) is 5.79. The van der Waals surface area contributed by atoms with E-state index in [1.807, 2.05) is 41.3 Å². The first-order valence-electron chi connectivity index (χ1n) is 8.31. The van der Waals surface area contributed by atoms with Gasteiger partial charge in [-0.2, -0.15) is 5.26 Å². The molecule has 1 atom stereocenters. The van der Waals surface area contributed by atoms with Gasteiger partial charge in [-0.3, -0.25) is 0 Å². The largest absolute Gasteiger partial charge is 0.333 e. The molecule has 0 radical (unpaired) electrons. The standard InChI is InChI=1S/C22H24N2/c1-4-9-20(19-14-12-18(3)13-15-19)16-22(17-23)24(5-2)21-10-7-6-8-11-21/h4,6-8,10-16,20H,1,5,9H2,2-3H3/b22-16+/t20-/m0/s1. The molecule has 0 aliphatic rings. The third-order valence-electron chi connectivity index (χ3n) is 4.07. The minimum atomic E-state index is 0.149. The molecule has 2 rings (SSSR count). The zero-order valence-corrected chi connectivity index (χ0v) is 14.4. The first kappa shape index (κ1) is 17.6. The Morgan fingerprint density at radius 2 is 1.83 bits per heavy atom. The molecule has 0 unspecified atom stereocenters. The third-order valence-corrected chi connectivity index (χ3v) is 4.07. The van der Waals surface area contributed by atoms with E-state index in [1.165, 1.54) is 11.1 Å². The molecule has 0 amide bonds. The van der Waals surface area contributed by atoms with Crippen molar-refractivity contribution in [1.82, 2.24) is 0 Å². The van der Waals surface area contributed by atoms with E-state index in [4.69, 9.17) is 0 Å². The van der Waals surface area contributed by atoms with E-state index < -0.39 is 0 Å². The highest BCUT2D eigenvalue weighted by Crippen LogP contribution is 2.26. The number of allylic oxidation sites excluding steroid dienone is 3. The van der Waals surface area contributed by atoms with Gasteiger partial charge in [-0.05, 0) is 44.0 Å². The summed E-state index contributed by atoms with van der Waals surface area (Å²) in [6, 6.07) is 20.9. The van der Waals surface area contributed by atoms with Gasteiger partial charge in [0.2, 0.25) is 0 Å². The summed E-state index contributed by atoms with van der Waals surface area (Å²) in [5.41, 5.74) is 4.16. The number of hydrogen-bond acceptors (Lipinski definition) is 2. The molecule has 24 heavy (non-hydrogen) atoms. The number of rotatable bonds is 7. The molecule has 0 bridgehead atoms. The van der Waals surface area contributed by atoms with Crippen LogP contribution in [0.15, 0.2) is 79.0 Å². The van der Waals surface area contributed by atoms with Crippen molar-refractivity contribution >= 4 is 5.69 Å². The Balaban J connectivity index is 2.39. The molecule has 2 heteroatoms. The molecule has 2 nitrogen and oxygen atoms in total. The first-order valence-corrected chi connectivity index (χ1v) is 8.31. The van der Waals surface area contributed by atoms with Gasteiger partial charge in [0.15, 0.2) is 0 Å². The number of hydrogen-bond donors (Lipinski definition) is 0. The number of benzene rings is 2. The lowest BCUT2D eigenvalue weighted by molar-refractivity contribution is 0.845. The second-order valence-electron chi connectivity index (χ2n) is 5.79.